The molecule has 0 bridgehead atoms. The van der Waals surface area contributed by atoms with Gasteiger partial charge in [-0.2, -0.15) is 0 Å². The molecule has 1 rings (SSSR count). The van der Waals surface area contributed by atoms with Crippen LogP contribution in [-0.2, 0) is 14.3 Å². The summed E-state index contributed by atoms with van der Waals surface area (Å²) in [4.78, 5) is 22.2. The molecule has 0 unspecified atom stereocenters. The summed E-state index contributed by atoms with van der Waals surface area (Å²) in [5, 5.41) is 2.62. The van der Waals surface area contributed by atoms with Gasteiger partial charge in [0.15, 0.2) is 0 Å². The highest BCUT2D eigenvalue weighted by molar-refractivity contribution is 5.88. The molecule has 0 saturated carbocycles. The largest absolute Gasteiger partial charge is 0.466 e. The van der Waals surface area contributed by atoms with Crippen LogP contribution < -0.4 is 5.32 Å². The molecule has 1 fully saturated rings. The highest BCUT2D eigenvalue weighted by Gasteiger charge is 2.36. The minimum absolute atomic E-state index is 0.0620. The van der Waals surface area contributed by atoms with Crippen molar-refractivity contribution < 1.29 is 14.3 Å². The van der Waals surface area contributed by atoms with Crippen LogP contribution in [0.25, 0.3) is 0 Å². The van der Waals surface area contributed by atoms with E-state index in [1.807, 2.05) is 0 Å². The Bertz CT molecular complexity index is 202. The molecule has 2 atom stereocenters. The Morgan fingerprint density at radius 2 is 2.42 bits per heavy atom. The molecule has 4 nitrogen and oxygen atoms in total. The summed E-state index contributed by atoms with van der Waals surface area (Å²) >= 11 is 0. The Morgan fingerprint density at radius 1 is 1.75 bits per heavy atom. The lowest BCUT2D eigenvalue weighted by molar-refractivity contribution is -0.149. The van der Waals surface area contributed by atoms with Crippen LogP contribution in [-0.4, -0.2) is 25.0 Å². The zero-order valence-electron chi connectivity index (χ0n) is 7.29. The van der Waals surface area contributed by atoms with Crippen molar-refractivity contribution in [2.24, 2.45) is 11.8 Å². The van der Waals surface area contributed by atoms with Gasteiger partial charge >= 0.3 is 5.97 Å². The zero-order valence-corrected chi connectivity index (χ0v) is 7.29. The van der Waals surface area contributed by atoms with Gasteiger partial charge in [-0.3, -0.25) is 9.59 Å². The first-order valence-corrected chi connectivity index (χ1v) is 4.11. The second-order valence-corrected chi connectivity index (χ2v) is 2.89. The summed E-state index contributed by atoms with van der Waals surface area (Å²) in [5.74, 6) is -0.877. The van der Waals surface area contributed by atoms with Crippen molar-refractivity contribution in [1.29, 1.82) is 0 Å². The molecule has 12 heavy (non-hydrogen) atoms. The number of esters is 1. The predicted molar refractivity (Wildman–Crippen MR) is 42.3 cm³/mol. The molecule has 0 aromatic carbocycles. The van der Waals surface area contributed by atoms with Gasteiger partial charge in [0.2, 0.25) is 5.91 Å². The Labute approximate surface area is 71.3 Å². The first kappa shape index (κ1) is 9.03. The van der Waals surface area contributed by atoms with Crippen LogP contribution in [0.2, 0.25) is 0 Å². The number of nitrogens with one attached hydrogen (secondary N) is 1. The molecule has 1 N–H and O–H groups in total. The molecule has 4 heteroatoms. The smallest absolute Gasteiger partial charge is 0.311 e. The SMILES string of the molecule is CCOC(=O)[C@@H]1CNC(=O)[C@@H]1C. The van der Waals surface area contributed by atoms with Crippen LogP contribution in [0.3, 0.4) is 0 Å². The molecule has 1 saturated heterocycles. The van der Waals surface area contributed by atoms with Gasteiger partial charge < -0.3 is 10.1 Å². The third kappa shape index (κ3) is 1.57. The lowest BCUT2D eigenvalue weighted by Crippen LogP contribution is -2.24. The van der Waals surface area contributed by atoms with E-state index in [1.165, 1.54) is 0 Å². The minimum Gasteiger partial charge on any atom is -0.466 e. The van der Waals surface area contributed by atoms with Crippen LogP contribution in [0.5, 0.6) is 0 Å². The van der Waals surface area contributed by atoms with E-state index in [-0.39, 0.29) is 23.7 Å². The monoisotopic (exact) mass is 171 g/mol. The summed E-state index contributed by atoms with van der Waals surface area (Å²) < 4.78 is 4.81. The van der Waals surface area contributed by atoms with Crippen LogP contribution in [0.1, 0.15) is 13.8 Å². The van der Waals surface area contributed by atoms with Gasteiger partial charge in [0.25, 0.3) is 0 Å². The third-order valence-corrected chi connectivity index (χ3v) is 2.10. The molecular weight excluding hydrogens is 158 g/mol. The van der Waals surface area contributed by atoms with Gasteiger partial charge in [-0.25, -0.2) is 0 Å². The molecule has 1 amide bonds. The van der Waals surface area contributed by atoms with Crippen LogP contribution >= 0.6 is 0 Å². The Morgan fingerprint density at radius 3 is 2.83 bits per heavy atom. The Hall–Kier alpha value is -1.06. The van der Waals surface area contributed by atoms with Crippen molar-refractivity contribution >= 4 is 11.9 Å². The number of rotatable bonds is 2. The molecule has 1 aliphatic heterocycles. The zero-order chi connectivity index (χ0) is 9.14. The minimum atomic E-state index is -0.294. The fraction of sp³-hybridized carbons (Fsp3) is 0.750. The van der Waals surface area contributed by atoms with Crippen molar-refractivity contribution in [3.8, 4) is 0 Å². The second-order valence-electron chi connectivity index (χ2n) is 2.89. The van der Waals surface area contributed by atoms with E-state index >= 15 is 0 Å². The molecule has 1 aliphatic rings. The molecule has 0 aromatic heterocycles. The van der Waals surface area contributed by atoms with Gasteiger partial charge in [-0.05, 0) is 6.92 Å². The summed E-state index contributed by atoms with van der Waals surface area (Å²) in [7, 11) is 0. The quantitative estimate of drug-likeness (QED) is 0.592. The van der Waals surface area contributed by atoms with Gasteiger partial charge in [0.1, 0.15) is 0 Å². The highest BCUT2D eigenvalue weighted by Crippen LogP contribution is 2.18. The second kappa shape index (κ2) is 3.56. The van der Waals surface area contributed by atoms with E-state index in [4.69, 9.17) is 4.74 Å². The van der Waals surface area contributed by atoms with E-state index < -0.39 is 0 Å². The highest BCUT2D eigenvalue weighted by atomic mass is 16.5. The number of amides is 1. The molecule has 0 radical (unpaired) electrons. The molecule has 68 valence electrons. The fourth-order valence-electron chi connectivity index (χ4n) is 1.27. The molecule has 0 aliphatic carbocycles. The van der Waals surface area contributed by atoms with Crippen LogP contribution in [0, 0.1) is 11.8 Å². The van der Waals surface area contributed by atoms with E-state index in [0.717, 1.165) is 0 Å². The van der Waals surface area contributed by atoms with Gasteiger partial charge in [0, 0.05) is 6.54 Å². The standard InChI is InChI=1S/C8H13NO3/c1-3-12-8(11)6-4-9-7(10)5(6)2/h5-6H,3-4H2,1-2H3,(H,9,10)/t5-,6-/m1/s1. The maximum Gasteiger partial charge on any atom is 0.311 e. The summed E-state index contributed by atoms with van der Waals surface area (Å²) in [6.07, 6.45) is 0. The van der Waals surface area contributed by atoms with Crippen molar-refractivity contribution in [1.82, 2.24) is 5.32 Å². The number of hydrogen-bond acceptors (Lipinski definition) is 3. The normalized spacial score (nSPS) is 28.3. The van der Waals surface area contributed by atoms with E-state index in [9.17, 15) is 9.59 Å². The summed E-state index contributed by atoms with van der Waals surface area (Å²) in [5.41, 5.74) is 0. The van der Waals surface area contributed by atoms with Crippen LogP contribution in [0.4, 0.5) is 0 Å². The summed E-state index contributed by atoms with van der Waals surface area (Å²) in [6.45, 7) is 4.28. The average Bonchev–Trinajstić information content (AvgIpc) is 2.34. The van der Waals surface area contributed by atoms with Gasteiger partial charge in [0.05, 0.1) is 18.4 Å². The first-order valence-electron chi connectivity index (χ1n) is 4.11. The van der Waals surface area contributed by atoms with Crippen molar-refractivity contribution in [3.05, 3.63) is 0 Å². The predicted octanol–water partition coefficient (Wildman–Crippen LogP) is -0.0684. The maximum absolute atomic E-state index is 11.2. The van der Waals surface area contributed by atoms with E-state index in [0.29, 0.717) is 13.2 Å². The lowest BCUT2D eigenvalue weighted by Gasteiger charge is -2.09. The number of ether oxygens (including phenoxy) is 1. The number of carbonyl (C=O) groups excluding carboxylic acids is 2. The first-order chi connectivity index (χ1) is 5.66. The van der Waals surface area contributed by atoms with Crippen molar-refractivity contribution in [2.45, 2.75) is 13.8 Å². The topological polar surface area (TPSA) is 55.4 Å². The van der Waals surface area contributed by atoms with Gasteiger partial charge in [-0.15, -0.1) is 0 Å². The summed E-state index contributed by atoms with van der Waals surface area (Å²) in [6, 6.07) is 0. The molecular formula is C8H13NO3. The van der Waals surface area contributed by atoms with E-state index in [1.54, 1.807) is 13.8 Å². The van der Waals surface area contributed by atoms with Gasteiger partial charge in [-0.1, -0.05) is 6.92 Å². The Kier molecular flexibility index (Phi) is 2.68. The molecule has 0 spiro atoms. The molecule has 0 aromatic rings. The number of hydrogen-bond donors (Lipinski definition) is 1. The maximum atomic E-state index is 11.2. The number of carbonyl (C=O) groups is 2. The van der Waals surface area contributed by atoms with Crippen molar-refractivity contribution in [2.75, 3.05) is 13.2 Å². The van der Waals surface area contributed by atoms with Crippen LogP contribution in [0.15, 0.2) is 0 Å². The lowest BCUT2D eigenvalue weighted by atomic mass is 9.98. The average molecular weight is 171 g/mol. The molecule has 1 heterocycles. The third-order valence-electron chi connectivity index (χ3n) is 2.10. The van der Waals surface area contributed by atoms with E-state index in [2.05, 4.69) is 5.32 Å². The van der Waals surface area contributed by atoms with Crippen molar-refractivity contribution in [3.63, 3.8) is 0 Å². The fourth-order valence-corrected chi connectivity index (χ4v) is 1.27. The Balaban J connectivity index is 2.53.